The number of hydrogen-bond donors (Lipinski definition) is 0. The Morgan fingerprint density at radius 2 is 1.60 bits per heavy atom. The first-order valence-corrected chi connectivity index (χ1v) is 6.55. The van der Waals surface area contributed by atoms with Crippen molar-refractivity contribution in [3.05, 3.63) is 0 Å². The lowest BCUT2D eigenvalue weighted by molar-refractivity contribution is -0.845. The minimum absolute atomic E-state index is 0.565. The van der Waals surface area contributed by atoms with Gasteiger partial charge in [0, 0.05) is 32.1 Å². The van der Waals surface area contributed by atoms with Crippen LogP contribution in [0.15, 0.2) is 4.99 Å². The summed E-state index contributed by atoms with van der Waals surface area (Å²) in [5, 5.41) is 0. The van der Waals surface area contributed by atoms with Crippen LogP contribution in [-0.2, 0) is 0 Å². The van der Waals surface area contributed by atoms with Crippen molar-refractivity contribution < 1.29 is 4.48 Å². The molecule has 0 saturated heterocycles. The van der Waals surface area contributed by atoms with E-state index in [0.29, 0.717) is 6.04 Å². The zero-order valence-corrected chi connectivity index (χ0v) is 10.2. The maximum absolute atomic E-state index is 4.95. The molecule has 0 aromatic rings. The molecule has 2 heteroatoms. The molecule has 0 spiro atoms. The third-order valence-corrected chi connectivity index (χ3v) is 4.85. The quantitative estimate of drug-likeness (QED) is 0.617. The van der Waals surface area contributed by atoms with Gasteiger partial charge in [-0.05, 0) is 12.8 Å². The van der Waals surface area contributed by atoms with Crippen LogP contribution in [0.1, 0.15) is 46.0 Å². The highest BCUT2D eigenvalue weighted by Crippen LogP contribution is 2.45. The largest absolute Gasteiger partial charge is 0.276 e. The van der Waals surface area contributed by atoms with Gasteiger partial charge in [0.1, 0.15) is 0 Å². The Hall–Kier alpha value is -0.370. The SMILES string of the molecule is C[C@H]1CC([N+](C)(C2CC2)C2CC2)=N[C@@H]1C. The number of hydrogen-bond acceptors (Lipinski definition) is 1. The average molecular weight is 207 g/mol. The summed E-state index contributed by atoms with van der Waals surface area (Å²) >= 11 is 0. The van der Waals surface area contributed by atoms with Crippen molar-refractivity contribution in [2.24, 2.45) is 10.9 Å². The van der Waals surface area contributed by atoms with Crippen LogP contribution >= 0.6 is 0 Å². The Morgan fingerprint density at radius 1 is 1.07 bits per heavy atom. The second kappa shape index (κ2) is 3.07. The predicted octanol–water partition coefficient (Wildman–Crippen LogP) is 2.58. The Balaban J connectivity index is 1.86. The monoisotopic (exact) mass is 207 g/mol. The second-order valence-corrected chi connectivity index (χ2v) is 6.08. The van der Waals surface area contributed by atoms with Crippen molar-refractivity contribution in [2.75, 3.05) is 7.05 Å². The van der Waals surface area contributed by atoms with Gasteiger partial charge in [-0.25, -0.2) is 4.99 Å². The van der Waals surface area contributed by atoms with Crippen LogP contribution < -0.4 is 0 Å². The van der Waals surface area contributed by atoms with E-state index in [1.807, 2.05) is 0 Å². The van der Waals surface area contributed by atoms with E-state index in [9.17, 15) is 0 Å². The van der Waals surface area contributed by atoms with Gasteiger partial charge in [0.05, 0.1) is 25.2 Å². The average Bonchev–Trinajstić information content (AvgIpc) is 3.05. The summed E-state index contributed by atoms with van der Waals surface area (Å²) in [7, 11) is 2.46. The molecule has 84 valence electrons. The molecular weight excluding hydrogens is 184 g/mol. The smallest absolute Gasteiger partial charge is 0.199 e. The van der Waals surface area contributed by atoms with Crippen molar-refractivity contribution in [2.45, 2.75) is 64.1 Å². The molecule has 3 rings (SSSR count). The number of amidine groups is 1. The molecule has 0 aromatic heterocycles. The lowest BCUT2D eigenvalue weighted by atomic mass is 10.0. The Labute approximate surface area is 93.0 Å². The van der Waals surface area contributed by atoms with E-state index in [1.54, 1.807) is 0 Å². The van der Waals surface area contributed by atoms with Crippen LogP contribution in [0.2, 0.25) is 0 Å². The van der Waals surface area contributed by atoms with Gasteiger partial charge in [-0.3, -0.25) is 4.48 Å². The van der Waals surface area contributed by atoms with E-state index in [2.05, 4.69) is 20.9 Å². The molecule has 2 aliphatic carbocycles. The fourth-order valence-electron chi connectivity index (χ4n) is 3.14. The van der Waals surface area contributed by atoms with Crippen molar-refractivity contribution in [1.29, 1.82) is 0 Å². The highest BCUT2D eigenvalue weighted by molar-refractivity contribution is 5.78. The molecule has 1 aliphatic heterocycles. The van der Waals surface area contributed by atoms with Gasteiger partial charge in [-0.2, -0.15) is 0 Å². The topological polar surface area (TPSA) is 12.4 Å². The first-order chi connectivity index (χ1) is 7.12. The summed E-state index contributed by atoms with van der Waals surface area (Å²) in [6.07, 6.45) is 7.01. The van der Waals surface area contributed by atoms with E-state index in [4.69, 9.17) is 4.99 Å². The number of aliphatic imine (C=N–C) groups is 1. The molecule has 0 aromatic carbocycles. The van der Waals surface area contributed by atoms with Crippen LogP contribution in [0, 0.1) is 5.92 Å². The van der Waals surface area contributed by atoms with Gasteiger partial charge >= 0.3 is 0 Å². The van der Waals surface area contributed by atoms with E-state index >= 15 is 0 Å². The van der Waals surface area contributed by atoms with E-state index < -0.39 is 0 Å². The molecule has 15 heavy (non-hydrogen) atoms. The summed E-state index contributed by atoms with van der Waals surface area (Å²) in [6, 6.07) is 2.41. The molecule has 0 unspecified atom stereocenters. The fourth-order valence-corrected chi connectivity index (χ4v) is 3.14. The molecule has 0 amide bonds. The van der Waals surface area contributed by atoms with Crippen LogP contribution in [-0.4, -0.2) is 35.5 Å². The van der Waals surface area contributed by atoms with Gasteiger partial charge in [0.2, 0.25) is 0 Å². The fraction of sp³-hybridized carbons (Fsp3) is 0.923. The zero-order chi connectivity index (χ0) is 10.6. The van der Waals surface area contributed by atoms with E-state index in [0.717, 1.165) is 18.0 Å². The normalized spacial score (nSPS) is 36.9. The minimum Gasteiger partial charge on any atom is -0.276 e. The summed E-state index contributed by atoms with van der Waals surface area (Å²) in [5.74, 6) is 2.30. The lowest BCUT2D eigenvalue weighted by Gasteiger charge is -2.34. The molecule has 2 fully saturated rings. The first-order valence-electron chi connectivity index (χ1n) is 6.55. The predicted molar refractivity (Wildman–Crippen MR) is 62.9 cm³/mol. The molecule has 3 aliphatic rings. The van der Waals surface area contributed by atoms with Crippen LogP contribution in [0.4, 0.5) is 0 Å². The second-order valence-electron chi connectivity index (χ2n) is 6.08. The molecule has 2 atom stereocenters. The van der Waals surface area contributed by atoms with E-state index in [1.165, 1.54) is 42.4 Å². The standard InChI is InChI=1S/C13H23N2/c1-9-8-13(14-10(9)2)15(3,11-4-5-11)12-6-7-12/h9-12H,4-8H2,1-3H3/q+1/t9-,10+/m0/s1. The van der Waals surface area contributed by atoms with Gasteiger partial charge in [0.25, 0.3) is 0 Å². The Kier molecular flexibility index (Phi) is 2.01. The van der Waals surface area contributed by atoms with Crippen LogP contribution in [0.25, 0.3) is 0 Å². The van der Waals surface area contributed by atoms with Crippen molar-refractivity contribution in [3.8, 4) is 0 Å². The minimum atomic E-state index is 0.565. The lowest BCUT2D eigenvalue weighted by Crippen LogP contribution is -2.52. The Bertz CT molecular complexity index is 288. The zero-order valence-electron chi connectivity index (χ0n) is 10.2. The molecule has 1 heterocycles. The molecule has 0 radical (unpaired) electrons. The maximum Gasteiger partial charge on any atom is 0.199 e. The summed E-state index contributed by atoms with van der Waals surface area (Å²) < 4.78 is 1.23. The van der Waals surface area contributed by atoms with Crippen molar-refractivity contribution in [1.82, 2.24) is 0 Å². The molecule has 0 bridgehead atoms. The van der Waals surface area contributed by atoms with Crippen molar-refractivity contribution >= 4 is 5.84 Å². The van der Waals surface area contributed by atoms with Gasteiger partial charge < -0.3 is 0 Å². The van der Waals surface area contributed by atoms with Crippen LogP contribution in [0.5, 0.6) is 0 Å². The number of quaternary nitrogens is 1. The number of nitrogens with zero attached hydrogens (tertiary/aromatic N) is 2. The summed E-state index contributed by atoms with van der Waals surface area (Å²) in [5.41, 5.74) is 0. The summed E-state index contributed by atoms with van der Waals surface area (Å²) in [6.45, 7) is 4.63. The van der Waals surface area contributed by atoms with Crippen molar-refractivity contribution in [3.63, 3.8) is 0 Å². The summed E-state index contributed by atoms with van der Waals surface area (Å²) in [4.78, 5) is 4.95. The first kappa shape index (κ1) is 9.83. The highest BCUT2D eigenvalue weighted by atomic mass is 15.5. The van der Waals surface area contributed by atoms with Gasteiger partial charge in [0.15, 0.2) is 5.84 Å². The molecule has 2 saturated carbocycles. The maximum atomic E-state index is 4.95. The third-order valence-electron chi connectivity index (χ3n) is 4.85. The Morgan fingerprint density at radius 3 is 1.93 bits per heavy atom. The number of rotatable bonds is 2. The van der Waals surface area contributed by atoms with E-state index in [-0.39, 0.29) is 0 Å². The molecule has 2 nitrogen and oxygen atoms in total. The molecular formula is C13H23N2+. The molecule has 0 N–H and O–H groups in total. The van der Waals surface area contributed by atoms with Crippen LogP contribution in [0.3, 0.4) is 0 Å². The van der Waals surface area contributed by atoms with Gasteiger partial charge in [-0.1, -0.05) is 6.92 Å². The third kappa shape index (κ3) is 1.45. The highest BCUT2D eigenvalue weighted by Gasteiger charge is 2.55. The van der Waals surface area contributed by atoms with Gasteiger partial charge in [-0.15, -0.1) is 0 Å².